The lowest BCUT2D eigenvalue weighted by atomic mass is 10.3. The Morgan fingerprint density at radius 3 is 2.75 bits per heavy atom. The van der Waals surface area contributed by atoms with Crippen molar-refractivity contribution in [2.24, 2.45) is 15.9 Å². The van der Waals surface area contributed by atoms with Gasteiger partial charge in [0.25, 0.3) is 6.02 Å². The Bertz CT molecular complexity index is 396. The van der Waals surface area contributed by atoms with Crippen molar-refractivity contribution in [2.45, 2.75) is 6.92 Å². The Hall–Kier alpha value is -1.99. The molecule has 5 nitrogen and oxygen atoms in total. The summed E-state index contributed by atoms with van der Waals surface area (Å²) in [6, 6.07) is 4.53. The van der Waals surface area contributed by atoms with E-state index in [1.165, 1.54) is 0 Å². The SMILES string of the molecule is CC(=NN=C(N)OB(F)F)c1ccccn1. The maximum Gasteiger partial charge on any atom is 0.798 e. The summed E-state index contributed by atoms with van der Waals surface area (Å²) in [6.45, 7) is 1.63. The van der Waals surface area contributed by atoms with Crippen molar-refractivity contribution in [3.8, 4) is 0 Å². The van der Waals surface area contributed by atoms with Gasteiger partial charge in [-0.2, -0.15) is 0 Å². The number of hydrogen-bond acceptors (Lipinski definition) is 4. The topological polar surface area (TPSA) is 72.9 Å². The van der Waals surface area contributed by atoms with E-state index in [1.807, 2.05) is 0 Å². The summed E-state index contributed by atoms with van der Waals surface area (Å²) >= 11 is 0. The highest BCUT2D eigenvalue weighted by molar-refractivity contribution is 6.37. The quantitative estimate of drug-likeness (QED) is 0.362. The average Bonchev–Trinajstić information content (AvgIpc) is 2.26. The van der Waals surface area contributed by atoms with Crippen LogP contribution in [0.15, 0.2) is 34.6 Å². The summed E-state index contributed by atoms with van der Waals surface area (Å²) in [6.07, 6.45) is 1.58. The molecule has 1 aromatic heterocycles. The maximum absolute atomic E-state index is 11.7. The van der Waals surface area contributed by atoms with Crippen LogP contribution in [-0.4, -0.2) is 24.2 Å². The highest BCUT2D eigenvalue weighted by Gasteiger charge is 2.18. The van der Waals surface area contributed by atoms with Crippen LogP contribution in [0.25, 0.3) is 0 Å². The number of aromatic nitrogens is 1. The Morgan fingerprint density at radius 2 is 2.19 bits per heavy atom. The maximum atomic E-state index is 11.7. The lowest BCUT2D eigenvalue weighted by molar-refractivity contribution is 0.413. The molecule has 0 unspecified atom stereocenters. The smallest absolute Gasteiger partial charge is 0.477 e. The van der Waals surface area contributed by atoms with Crippen LogP contribution in [0.1, 0.15) is 12.6 Å². The summed E-state index contributed by atoms with van der Waals surface area (Å²) in [4.78, 5) is 3.99. The number of nitrogens with two attached hydrogens (primary N) is 1. The minimum atomic E-state index is -3.01. The van der Waals surface area contributed by atoms with Gasteiger partial charge in [-0.15, -0.1) is 5.10 Å². The zero-order valence-electron chi connectivity index (χ0n) is 8.47. The van der Waals surface area contributed by atoms with Crippen molar-refractivity contribution in [1.82, 2.24) is 4.98 Å². The van der Waals surface area contributed by atoms with Gasteiger partial charge in [-0.05, 0) is 19.1 Å². The standard InChI is InChI=1S/C8H9BF2N4O/c1-6(7-4-2-3-5-13-7)14-15-8(12)16-9(10)11/h2-5H,1H3,(H2,12,15). The second-order valence-corrected chi connectivity index (χ2v) is 2.72. The van der Waals surface area contributed by atoms with Gasteiger partial charge in [0.15, 0.2) is 0 Å². The minimum absolute atomic E-state index is 0.446. The molecule has 8 heteroatoms. The summed E-state index contributed by atoms with van der Waals surface area (Å²) in [5.41, 5.74) is 6.05. The number of nitrogens with zero attached hydrogens (tertiary/aromatic N) is 3. The molecule has 1 rings (SSSR count). The molecule has 0 saturated carbocycles. The van der Waals surface area contributed by atoms with Gasteiger partial charge in [0.2, 0.25) is 0 Å². The Balaban J connectivity index is 2.71. The zero-order chi connectivity index (χ0) is 12.0. The van der Waals surface area contributed by atoms with Crippen LogP contribution >= 0.6 is 0 Å². The molecule has 16 heavy (non-hydrogen) atoms. The van der Waals surface area contributed by atoms with E-state index in [4.69, 9.17) is 5.73 Å². The first-order valence-electron chi connectivity index (χ1n) is 4.33. The average molecular weight is 226 g/mol. The molecule has 0 radical (unpaired) electrons. The monoisotopic (exact) mass is 226 g/mol. The molecule has 0 atom stereocenters. The van der Waals surface area contributed by atoms with Crippen LogP contribution < -0.4 is 5.73 Å². The molecular formula is C8H9BF2N4O. The van der Waals surface area contributed by atoms with Gasteiger partial charge in [-0.3, -0.25) is 4.98 Å². The number of halogens is 2. The molecule has 1 aromatic rings. The number of pyridine rings is 1. The Labute approximate surface area is 91.2 Å². The summed E-state index contributed by atoms with van der Waals surface area (Å²) < 4.78 is 27.2. The molecule has 0 aliphatic carbocycles. The van der Waals surface area contributed by atoms with Gasteiger partial charge < -0.3 is 10.4 Å². The predicted molar refractivity (Wildman–Crippen MR) is 57.1 cm³/mol. The molecule has 1 heterocycles. The van der Waals surface area contributed by atoms with E-state index >= 15 is 0 Å². The van der Waals surface area contributed by atoms with Gasteiger partial charge in [0.1, 0.15) is 0 Å². The lowest BCUT2D eigenvalue weighted by Gasteiger charge is -1.98. The van der Waals surface area contributed by atoms with Crippen LogP contribution in [0.3, 0.4) is 0 Å². The van der Waals surface area contributed by atoms with Crippen molar-refractivity contribution in [3.63, 3.8) is 0 Å². The number of hydrogen-bond donors (Lipinski definition) is 1. The van der Waals surface area contributed by atoms with E-state index in [-0.39, 0.29) is 0 Å². The van der Waals surface area contributed by atoms with Gasteiger partial charge >= 0.3 is 7.47 Å². The van der Waals surface area contributed by atoms with Crippen molar-refractivity contribution >= 4 is 19.2 Å². The first kappa shape index (κ1) is 12.1. The fourth-order valence-corrected chi connectivity index (χ4v) is 0.867. The van der Waals surface area contributed by atoms with Gasteiger partial charge in [0.05, 0.1) is 11.4 Å². The molecular weight excluding hydrogens is 217 g/mol. The van der Waals surface area contributed by atoms with E-state index in [0.717, 1.165) is 0 Å². The first-order valence-corrected chi connectivity index (χ1v) is 4.33. The molecule has 2 N–H and O–H groups in total. The third kappa shape index (κ3) is 4.03. The molecule has 0 bridgehead atoms. The van der Waals surface area contributed by atoms with Crippen molar-refractivity contribution < 1.29 is 13.3 Å². The molecule has 0 aromatic carbocycles. The molecule has 0 aliphatic rings. The zero-order valence-corrected chi connectivity index (χ0v) is 8.47. The van der Waals surface area contributed by atoms with E-state index in [0.29, 0.717) is 11.4 Å². The highest BCUT2D eigenvalue weighted by Crippen LogP contribution is 1.97. The van der Waals surface area contributed by atoms with E-state index in [9.17, 15) is 8.63 Å². The third-order valence-corrected chi connectivity index (χ3v) is 1.54. The molecule has 0 spiro atoms. The van der Waals surface area contributed by atoms with Crippen LogP contribution in [-0.2, 0) is 4.65 Å². The van der Waals surface area contributed by atoms with E-state index in [2.05, 4.69) is 19.8 Å². The van der Waals surface area contributed by atoms with E-state index in [1.54, 1.807) is 31.3 Å². The third-order valence-electron chi connectivity index (χ3n) is 1.54. The number of amidine groups is 1. The lowest BCUT2D eigenvalue weighted by Crippen LogP contribution is -2.21. The van der Waals surface area contributed by atoms with Crippen LogP contribution in [0.4, 0.5) is 8.63 Å². The second kappa shape index (κ2) is 5.79. The summed E-state index contributed by atoms with van der Waals surface area (Å²) in [5, 5.41) is 6.89. The molecule has 0 amide bonds. The highest BCUT2D eigenvalue weighted by atomic mass is 19.2. The Morgan fingerprint density at radius 1 is 1.44 bits per heavy atom. The summed E-state index contributed by atoms with van der Waals surface area (Å²) in [7, 11) is -3.01. The van der Waals surface area contributed by atoms with Crippen molar-refractivity contribution in [2.75, 3.05) is 0 Å². The van der Waals surface area contributed by atoms with Crippen molar-refractivity contribution in [1.29, 1.82) is 0 Å². The van der Waals surface area contributed by atoms with Crippen LogP contribution in [0.5, 0.6) is 0 Å². The Kier molecular flexibility index (Phi) is 4.37. The van der Waals surface area contributed by atoms with Gasteiger partial charge in [-0.1, -0.05) is 11.2 Å². The largest absolute Gasteiger partial charge is 0.798 e. The van der Waals surface area contributed by atoms with E-state index < -0.39 is 13.5 Å². The van der Waals surface area contributed by atoms with Gasteiger partial charge in [-0.25, -0.2) is 8.63 Å². The molecule has 0 saturated heterocycles. The molecule has 0 aliphatic heterocycles. The van der Waals surface area contributed by atoms with Crippen LogP contribution in [0, 0.1) is 0 Å². The summed E-state index contributed by atoms with van der Waals surface area (Å²) in [5.74, 6) is 0. The van der Waals surface area contributed by atoms with Crippen LogP contribution in [0.2, 0.25) is 0 Å². The molecule has 84 valence electrons. The number of rotatable bonds is 3. The predicted octanol–water partition coefficient (Wildman–Crippen LogP) is 1.06. The fraction of sp³-hybridized carbons (Fsp3) is 0.125. The van der Waals surface area contributed by atoms with Gasteiger partial charge in [0, 0.05) is 6.20 Å². The van der Waals surface area contributed by atoms with Crippen molar-refractivity contribution in [3.05, 3.63) is 30.1 Å². The minimum Gasteiger partial charge on any atom is -0.477 e. The molecule has 0 fully saturated rings. The second-order valence-electron chi connectivity index (χ2n) is 2.72. The normalized spacial score (nSPS) is 12.4. The fourth-order valence-electron chi connectivity index (χ4n) is 0.867. The first-order chi connectivity index (χ1) is 7.59.